The lowest BCUT2D eigenvalue weighted by atomic mass is 10.1. The number of carboxylic acids is 1. The van der Waals surface area contributed by atoms with Gasteiger partial charge in [-0.25, -0.2) is 4.98 Å². The molecule has 3 heterocycles. The van der Waals surface area contributed by atoms with Gasteiger partial charge in [-0.15, -0.1) is 0 Å². The molecule has 1 amide bonds. The maximum Gasteiger partial charge on any atom is 0.308 e. The lowest BCUT2D eigenvalue weighted by Gasteiger charge is -2.15. The summed E-state index contributed by atoms with van der Waals surface area (Å²) in [5.74, 6) is -1.37. The molecule has 24 heavy (non-hydrogen) atoms. The Labute approximate surface area is 136 Å². The molecular formula is C17H13N3O4. The van der Waals surface area contributed by atoms with Crippen LogP contribution in [0.3, 0.4) is 0 Å². The van der Waals surface area contributed by atoms with E-state index in [1.165, 1.54) is 4.90 Å². The summed E-state index contributed by atoms with van der Waals surface area (Å²) >= 11 is 0. The standard InChI is InChI=1S/C17H13N3O4/c21-15-6-11(17(22)23)9-20(15)12-3-4-14-13(7-12)19-16(24-14)10-2-1-5-18-8-10/h1-5,7-8,11H,6,9H2,(H,22,23)/t11-/m1/s1. The van der Waals surface area contributed by atoms with E-state index in [0.29, 0.717) is 22.7 Å². The molecule has 0 spiro atoms. The highest BCUT2D eigenvalue weighted by Crippen LogP contribution is 2.30. The summed E-state index contributed by atoms with van der Waals surface area (Å²) in [4.78, 5) is 33.1. The highest BCUT2D eigenvalue weighted by molar-refractivity contribution is 6.00. The van der Waals surface area contributed by atoms with Crippen LogP contribution in [0.4, 0.5) is 5.69 Å². The zero-order valence-electron chi connectivity index (χ0n) is 12.5. The number of hydrogen-bond donors (Lipinski definition) is 1. The number of aromatic nitrogens is 2. The summed E-state index contributed by atoms with van der Waals surface area (Å²) < 4.78 is 5.71. The number of pyridine rings is 1. The third kappa shape index (κ3) is 2.40. The van der Waals surface area contributed by atoms with Crippen molar-refractivity contribution in [3.05, 3.63) is 42.7 Å². The number of benzene rings is 1. The maximum absolute atomic E-state index is 12.1. The zero-order chi connectivity index (χ0) is 16.7. The van der Waals surface area contributed by atoms with E-state index >= 15 is 0 Å². The molecule has 4 rings (SSSR count). The lowest BCUT2D eigenvalue weighted by molar-refractivity contribution is -0.141. The van der Waals surface area contributed by atoms with Gasteiger partial charge in [0.2, 0.25) is 11.8 Å². The Hall–Kier alpha value is -3.22. The van der Waals surface area contributed by atoms with Gasteiger partial charge < -0.3 is 14.4 Å². The van der Waals surface area contributed by atoms with Crippen LogP contribution in [0.5, 0.6) is 0 Å². The first-order chi connectivity index (χ1) is 11.6. The van der Waals surface area contributed by atoms with E-state index in [2.05, 4.69) is 9.97 Å². The number of carbonyl (C=O) groups is 2. The van der Waals surface area contributed by atoms with Crippen LogP contribution in [0.1, 0.15) is 6.42 Å². The summed E-state index contributed by atoms with van der Waals surface area (Å²) in [6, 6.07) is 8.85. The molecule has 0 aliphatic carbocycles. The number of rotatable bonds is 3. The second-order valence-corrected chi connectivity index (χ2v) is 5.66. The largest absolute Gasteiger partial charge is 0.481 e. The normalized spacial score (nSPS) is 17.6. The number of aliphatic carboxylic acids is 1. The molecule has 0 unspecified atom stereocenters. The predicted octanol–water partition coefficient (Wildman–Crippen LogP) is 2.33. The van der Waals surface area contributed by atoms with E-state index in [0.717, 1.165) is 5.56 Å². The van der Waals surface area contributed by atoms with E-state index in [4.69, 9.17) is 9.52 Å². The summed E-state index contributed by atoms with van der Waals surface area (Å²) in [5.41, 5.74) is 2.60. The average Bonchev–Trinajstić information content (AvgIpc) is 3.18. The molecule has 0 bridgehead atoms. The zero-order valence-corrected chi connectivity index (χ0v) is 12.5. The molecule has 1 N–H and O–H groups in total. The van der Waals surface area contributed by atoms with E-state index < -0.39 is 11.9 Å². The number of carboxylic acid groups (broad SMARTS) is 1. The van der Waals surface area contributed by atoms with E-state index in [9.17, 15) is 9.59 Å². The van der Waals surface area contributed by atoms with Crippen LogP contribution in [0.2, 0.25) is 0 Å². The third-order valence-electron chi connectivity index (χ3n) is 4.07. The van der Waals surface area contributed by atoms with Crippen molar-refractivity contribution in [3.63, 3.8) is 0 Å². The van der Waals surface area contributed by atoms with Crippen molar-refractivity contribution in [2.45, 2.75) is 6.42 Å². The second-order valence-electron chi connectivity index (χ2n) is 5.66. The van der Waals surface area contributed by atoms with Crippen LogP contribution < -0.4 is 4.90 Å². The number of nitrogens with zero attached hydrogens (tertiary/aromatic N) is 3. The van der Waals surface area contributed by atoms with Crippen molar-refractivity contribution >= 4 is 28.7 Å². The summed E-state index contributed by atoms with van der Waals surface area (Å²) in [6.45, 7) is 0.174. The average molecular weight is 323 g/mol. The fourth-order valence-corrected chi connectivity index (χ4v) is 2.82. The molecule has 120 valence electrons. The monoisotopic (exact) mass is 323 g/mol. The predicted molar refractivity (Wildman–Crippen MR) is 85.3 cm³/mol. The smallest absolute Gasteiger partial charge is 0.308 e. The highest BCUT2D eigenvalue weighted by Gasteiger charge is 2.35. The summed E-state index contributed by atoms with van der Waals surface area (Å²) in [7, 11) is 0. The van der Waals surface area contributed by atoms with Crippen molar-refractivity contribution in [2.24, 2.45) is 5.92 Å². The van der Waals surface area contributed by atoms with E-state index in [-0.39, 0.29) is 18.9 Å². The Balaban J connectivity index is 1.69. The number of fused-ring (bicyclic) bond motifs is 1. The van der Waals surface area contributed by atoms with Crippen molar-refractivity contribution in [1.82, 2.24) is 9.97 Å². The quantitative estimate of drug-likeness (QED) is 0.794. The Bertz CT molecular complexity index is 935. The number of hydrogen-bond acceptors (Lipinski definition) is 5. The SMILES string of the molecule is O=C(O)[C@@H]1CC(=O)N(c2ccc3oc(-c4cccnc4)nc3c2)C1. The Morgan fingerprint density at radius 3 is 2.92 bits per heavy atom. The van der Waals surface area contributed by atoms with Crippen LogP contribution >= 0.6 is 0 Å². The van der Waals surface area contributed by atoms with E-state index in [1.807, 2.05) is 6.07 Å². The van der Waals surface area contributed by atoms with Crippen LogP contribution in [0.15, 0.2) is 47.1 Å². The molecular weight excluding hydrogens is 310 g/mol. The topological polar surface area (TPSA) is 96.5 Å². The van der Waals surface area contributed by atoms with Gasteiger partial charge in [-0.2, -0.15) is 0 Å². The van der Waals surface area contributed by atoms with Crippen LogP contribution in [0, 0.1) is 5.92 Å². The Morgan fingerprint density at radius 2 is 2.21 bits per heavy atom. The van der Waals surface area contributed by atoms with Gasteiger partial charge in [-0.05, 0) is 30.3 Å². The Kier molecular flexibility index (Phi) is 3.26. The molecule has 7 nitrogen and oxygen atoms in total. The van der Waals surface area contributed by atoms with Crippen molar-refractivity contribution < 1.29 is 19.1 Å². The summed E-state index contributed by atoms with van der Waals surface area (Å²) in [5, 5.41) is 9.08. The van der Waals surface area contributed by atoms with Crippen molar-refractivity contribution in [3.8, 4) is 11.5 Å². The van der Waals surface area contributed by atoms with Gasteiger partial charge in [0.15, 0.2) is 5.58 Å². The Morgan fingerprint density at radius 1 is 1.33 bits per heavy atom. The maximum atomic E-state index is 12.1. The number of anilines is 1. The first-order valence-corrected chi connectivity index (χ1v) is 7.46. The van der Waals surface area contributed by atoms with Crippen LogP contribution in [0.25, 0.3) is 22.6 Å². The number of amides is 1. The molecule has 1 aromatic carbocycles. The molecule has 0 saturated carbocycles. The molecule has 1 fully saturated rings. The molecule has 7 heteroatoms. The van der Waals surface area contributed by atoms with Gasteiger partial charge in [-0.1, -0.05) is 0 Å². The molecule has 1 aliphatic heterocycles. The minimum Gasteiger partial charge on any atom is -0.481 e. The van der Waals surface area contributed by atoms with Gasteiger partial charge in [0.25, 0.3) is 0 Å². The van der Waals surface area contributed by atoms with Crippen molar-refractivity contribution in [2.75, 3.05) is 11.4 Å². The molecule has 3 aromatic rings. The fourth-order valence-electron chi connectivity index (χ4n) is 2.82. The molecule has 0 radical (unpaired) electrons. The number of oxazole rings is 1. The van der Waals surface area contributed by atoms with Gasteiger partial charge in [0.05, 0.1) is 11.5 Å². The van der Waals surface area contributed by atoms with Crippen molar-refractivity contribution in [1.29, 1.82) is 0 Å². The third-order valence-corrected chi connectivity index (χ3v) is 4.07. The molecule has 1 saturated heterocycles. The van der Waals surface area contributed by atoms with Gasteiger partial charge in [-0.3, -0.25) is 14.6 Å². The first-order valence-electron chi connectivity index (χ1n) is 7.46. The van der Waals surface area contributed by atoms with Gasteiger partial charge in [0.1, 0.15) is 5.52 Å². The van der Waals surface area contributed by atoms with Gasteiger partial charge in [0, 0.05) is 31.0 Å². The first kappa shape index (κ1) is 14.4. The van der Waals surface area contributed by atoms with E-state index in [1.54, 1.807) is 36.7 Å². The minimum atomic E-state index is -0.952. The van der Waals surface area contributed by atoms with Crippen LogP contribution in [-0.4, -0.2) is 33.5 Å². The molecule has 1 aliphatic rings. The molecule has 2 aromatic heterocycles. The summed E-state index contributed by atoms with van der Waals surface area (Å²) in [6.07, 6.45) is 3.35. The number of carbonyl (C=O) groups excluding carboxylic acids is 1. The fraction of sp³-hybridized carbons (Fsp3) is 0.176. The highest BCUT2D eigenvalue weighted by atomic mass is 16.4. The minimum absolute atomic E-state index is 0.0210. The van der Waals surface area contributed by atoms with Crippen LogP contribution in [-0.2, 0) is 9.59 Å². The second kappa shape index (κ2) is 5.45. The lowest BCUT2D eigenvalue weighted by Crippen LogP contribution is -2.25. The van der Waals surface area contributed by atoms with Gasteiger partial charge >= 0.3 is 5.97 Å². The molecule has 1 atom stereocenters.